The van der Waals surface area contributed by atoms with Gasteiger partial charge < -0.3 is 15.4 Å². The van der Waals surface area contributed by atoms with Crippen molar-refractivity contribution in [2.24, 2.45) is 5.92 Å². The van der Waals surface area contributed by atoms with Crippen LogP contribution in [0, 0.1) is 19.8 Å². The molecule has 4 aromatic rings. The van der Waals surface area contributed by atoms with Gasteiger partial charge in [-0.25, -0.2) is 4.98 Å². The van der Waals surface area contributed by atoms with Crippen molar-refractivity contribution in [1.29, 1.82) is 0 Å². The lowest BCUT2D eigenvalue weighted by atomic mass is 10.1. The maximum Gasteiger partial charge on any atom is 0.262 e. The molecule has 0 aliphatic heterocycles. The number of nitrogens with zero attached hydrogens (tertiary/aromatic N) is 1. The number of aromatic nitrogens is 1. The van der Waals surface area contributed by atoms with Crippen LogP contribution >= 0.6 is 22.7 Å². The predicted octanol–water partition coefficient (Wildman–Crippen LogP) is 5.74. The lowest BCUT2D eigenvalue weighted by Gasteiger charge is -2.13. The first-order valence-electron chi connectivity index (χ1n) is 9.93. The molecule has 2 amide bonds. The van der Waals surface area contributed by atoms with E-state index in [9.17, 15) is 9.59 Å². The fourth-order valence-corrected chi connectivity index (χ4v) is 4.99. The molecule has 0 spiro atoms. The third-order valence-corrected chi connectivity index (χ3v) is 6.67. The van der Waals surface area contributed by atoms with Gasteiger partial charge in [0.15, 0.2) is 6.61 Å². The van der Waals surface area contributed by atoms with Gasteiger partial charge in [-0.05, 0) is 43.0 Å². The van der Waals surface area contributed by atoms with Crippen LogP contribution in [0.2, 0.25) is 0 Å². The van der Waals surface area contributed by atoms with Gasteiger partial charge in [0.2, 0.25) is 5.91 Å². The number of anilines is 2. The number of benzene rings is 2. The molecule has 2 aromatic carbocycles. The van der Waals surface area contributed by atoms with E-state index in [0.717, 1.165) is 30.9 Å². The van der Waals surface area contributed by atoms with E-state index < -0.39 is 0 Å². The first kappa shape index (κ1) is 21.3. The topological polar surface area (TPSA) is 80.3 Å². The van der Waals surface area contributed by atoms with Crippen molar-refractivity contribution in [2.75, 3.05) is 17.2 Å². The van der Waals surface area contributed by atoms with Crippen molar-refractivity contribution in [3.8, 4) is 5.75 Å². The Bertz CT molecular complexity index is 1290. The van der Waals surface area contributed by atoms with Crippen LogP contribution < -0.4 is 15.4 Å². The maximum atomic E-state index is 12.6. The van der Waals surface area contributed by atoms with Gasteiger partial charge in [0.25, 0.3) is 5.91 Å². The highest BCUT2D eigenvalue weighted by Gasteiger charge is 2.15. The Morgan fingerprint density at radius 2 is 1.94 bits per heavy atom. The number of hydrogen-bond donors (Lipinski definition) is 2. The maximum absolute atomic E-state index is 12.6. The van der Waals surface area contributed by atoms with Crippen molar-refractivity contribution in [2.45, 2.75) is 27.7 Å². The molecule has 160 valence electrons. The lowest BCUT2D eigenvalue weighted by Crippen LogP contribution is -2.21. The summed E-state index contributed by atoms with van der Waals surface area (Å²) in [6, 6.07) is 9.39. The van der Waals surface area contributed by atoms with Crippen LogP contribution in [-0.4, -0.2) is 23.4 Å². The number of thiophene rings is 1. The lowest BCUT2D eigenvalue weighted by molar-refractivity contribution is -0.119. The Morgan fingerprint density at radius 3 is 2.71 bits per heavy atom. The molecule has 0 saturated carbocycles. The van der Waals surface area contributed by atoms with Gasteiger partial charge in [-0.15, -0.1) is 22.7 Å². The smallest absolute Gasteiger partial charge is 0.262 e. The summed E-state index contributed by atoms with van der Waals surface area (Å²) in [5, 5.41) is 9.70. The minimum Gasteiger partial charge on any atom is -0.483 e. The highest BCUT2D eigenvalue weighted by atomic mass is 32.1. The summed E-state index contributed by atoms with van der Waals surface area (Å²) in [7, 11) is 0. The molecule has 0 saturated heterocycles. The zero-order valence-corrected chi connectivity index (χ0v) is 19.4. The van der Waals surface area contributed by atoms with Gasteiger partial charge in [0.05, 0.1) is 19.9 Å². The SMILES string of the molecule is Cc1nc2c(cc(OCC(=O)Nc3cc(NC(=O)C(C)C)ccc3C)c3ccsc32)s1. The number of hydrogen-bond acceptors (Lipinski definition) is 6. The number of carbonyl (C=O) groups is 2. The fraction of sp³-hybridized carbons (Fsp3) is 0.261. The van der Waals surface area contributed by atoms with E-state index in [-0.39, 0.29) is 24.3 Å². The summed E-state index contributed by atoms with van der Waals surface area (Å²) in [6.45, 7) is 7.44. The highest BCUT2D eigenvalue weighted by Crippen LogP contribution is 2.38. The number of thiazole rings is 1. The molecule has 31 heavy (non-hydrogen) atoms. The number of rotatable bonds is 6. The molecule has 0 bridgehead atoms. The predicted molar refractivity (Wildman–Crippen MR) is 129 cm³/mol. The van der Waals surface area contributed by atoms with Crippen molar-refractivity contribution < 1.29 is 14.3 Å². The van der Waals surface area contributed by atoms with Crippen LogP contribution in [-0.2, 0) is 9.59 Å². The summed E-state index contributed by atoms with van der Waals surface area (Å²) in [5.41, 5.74) is 3.17. The van der Waals surface area contributed by atoms with Crippen LogP contribution in [0.3, 0.4) is 0 Å². The Kier molecular flexibility index (Phi) is 5.93. The van der Waals surface area contributed by atoms with Gasteiger partial charge >= 0.3 is 0 Å². The van der Waals surface area contributed by atoms with Crippen LogP contribution in [0.4, 0.5) is 11.4 Å². The molecule has 2 aromatic heterocycles. The van der Waals surface area contributed by atoms with E-state index in [1.54, 1.807) is 28.7 Å². The van der Waals surface area contributed by atoms with E-state index in [2.05, 4.69) is 15.6 Å². The van der Waals surface area contributed by atoms with Crippen LogP contribution in [0.15, 0.2) is 35.7 Å². The third kappa shape index (κ3) is 4.55. The monoisotopic (exact) mass is 453 g/mol. The van der Waals surface area contributed by atoms with E-state index in [1.807, 2.05) is 57.3 Å². The molecule has 0 radical (unpaired) electrons. The molecule has 4 rings (SSSR count). The normalized spacial score (nSPS) is 11.3. The number of aryl methyl sites for hydroxylation is 2. The van der Waals surface area contributed by atoms with Gasteiger partial charge in [0, 0.05) is 28.7 Å². The van der Waals surface area contributed by atoms with Crippen LogP contribution in [0.1, 0.15) is 24.4 Å². The molecular formula is C23H23N3O3S2. The second-order valence-corrected chi connectivity index (χ2v) is 9.78. The molecule has 0 aliphatic carbocycles. The zero-order chi connectivity index (χ0) is 22.1. The molecule has 2 heterocycles. The number of amides is 2. The van der Waals surface area contributed by atoms with E-state index in [1.165, 1.54) is 0 Å². The zero-order valence-electron chi connectivity index (χ0n) is 17.7. The minimum atomic E-state index is -0.264. The summed E-state index contributed by atoms with van der Waals surface area (Å²) >= 11 is 3.23. The average molecular weight is 454 g/mol. The van der Waals surface area contributed by atoms with Crippen molar-refractivity contribution in [3.63, 3.8) is 0 Å². The van der Waals surface area contributed by atoms with Crippen LogP contribution in [0.5, 0.6) is 5.75 Å². The van der Waals surface area contributed by atoms with Crippen LogP contribution in [0.25, 0.3) is 20.3 Å². The quantitative estimate of drug-likeness (QED) is 0.390. The standard InChI is InChI=1S/C23H23N3O3S2/c1-12(2)23(28)25-15-6-5-13(3)17(9-15)26-20(27)11-29-18-10-19-21(24-14(4)31-19)22-16(18)7-8-30-22/h5-10,12H,11H2,1-4H3,(H,25,28)(H,26,27). The Morgan fingerprint density at radius 1 is 1.13 bits per heavy atom. The Balaban J connectivity index is 1.48. The van der Waals surface area contributed by atoms with Crippen molar-refractivity contribution >= 4 is 66.2 Å². The summed E-state index contributed by atoms with van der Waals surface area (Å²) < 4.78 is 8.02. The Hall–Kier alpha value is -2.97. The first-order chi connectivity index (χ1) is 14.8. The number of nitrogens with one attached hydrogen (secondary N) is 2. The summed E-state index contributed by atoms with van der Waals surface area (Å²) in [4.78, 5) is 29.2. The molecule has 0 unspecified atom stereocenters. The molecule has 8 heteroatoms. The highest BCUT2D eigenvalue weighted by molar-refractivity contribution is 7.21. The molecular weight excluding hydrogens is 430 g/mol. The molecule has 0 fully saturated rings. The largest absolute Gasteiger partial charge is 0.483 e. The minimum absolute atomic E-state index is 0.0714. The number of ether oxygens (including phenoxy) is 1. The summed E-state index contributed by atoms with van der Waals surface area (Å²) in [6.07, 6.45) is 0. The second-order valence-electron chi connectivity index (χ2n) is 7.63. The summed E-state index contributed by atoms with van der Waals surface area (Å²) in [5.74, 6) is 0.218. The molecule has 0 aliphatic rings. The Labute approximate surface area is 188 Å². The van der Waals surface area contributed by atoms with Gasteiger partial charge in [-0.3, -0.25) is 9.59 Å². The third-order valence-electron chi connectivity index (χ3n) is 4.83. The van der Waals surface area contributed by atoms with Gasteiger partial charge in [0.1, 0.15) is 5.75 Å². The molecule has 2 N–H and O–H groups in total. The average Bonchev–Trinajstić information content (AvgIpc) is 3.34. The van der Waals surface area contributed by atoms with E-state index in [0.29, 0.717) is 17.1 Å². The first-order valence-corrected chi connectivity index (χ1v) is 11.6. The van der Waals surface area contributed by atoms with Gasteiger partial charge in [-0.1, -0.05) is 19.9 Å². The molecule has 0 atom stereocenters. The van der Waals surface area contributed by atoms with Gasteiger partial charge in [-0.2, -0.15) is 0 Å². The number of fused-ring (bicyclic) bond motifs is 3. The van der Waals surface area contributed by atoms with Crippen molar-refractivity contribution in [3.05, 3.63) is 46.3 Å². The van der Waals surface area contributed by atoms with E-state index >= 15 is 0 Å². The fourth-order valence-electron chi connectivity index (χ4n) is 3.16. The van der Waals surface area contributed by atoms with E-state index in [4.69, 9.17) is 4.74 Å². The van der Waals surface area contributed by atoms with Crippen molar-refractivity contribution in [1.82, 2.24) is 4.98 Å². The second kappa shape index (κ2) is 8.64. The number of carbonyl (C=O) groups excluding carboxylic acids is 2. The molecule has 6 nitrogen and oxygen atoms in total.